The number of hydrogen-bond acceptors (Lipinski definition) is 5. The highest BCUT2D eigenvalue weighted by atomic mass is 32.2. The number of benzene rings is 2. The Bertz CT molecular complexity index is 1160. The zero-order valence-electron chi connectivity index (χ0n) is 15.7. The summed E-state index contributed by atoms with van der Waals surface area (Å²) in [5.41, 5.74) is 0.960. The van der Waals surface area contributed by atoms with Gasteiger partial charge >= 0.3 is 5.76 Å². The van der Waals surface area contributed by atoms with E-state index in [1.54, 1.807) is 30.3 Å². The number of fused-ring (bicyclic) bond motifs is 1. The fourth-order valence-electron chi connectivity index (χ4n) is 2.80. The molecule has 0 saturated heterocycles. The highest BCUT2D eigenvalue weighted by Crippen LogP contribution is 2.24. The summed E-state index contributed by atoms with van der Waals surface area (Å²) in [6.45, 7) is 3.42. The highest BCUT2D eigenvalue weighted by molar-refractivity contribution is 7.92. The average Bonchev–Trinajstić information content (AvgIpc) is 2.95. The summed E-state index contributed by atoms with van der Waals surface area (Å²) in [6.07, 6.45) is 0. The van der Waals surface area contributed by atoms with Crippen molar-refractivity contribution in [3.05, 3.63) is 59.1 Å². The number of nitrogens with zero attached hydrogens (tertiary/aromatic N) is 2. The van der Waals surface area contributed by atoms with E-state index < -0.39 is 15.8 Å². The molecule has 1 N–H and O–H groups in total. The molecule has 3 aromatic rings. The summed E-state index contributed by atoms with van der Waals surface area (Å²) in [7, 11) is -2.39. The Morgan fingerprint density at radius 1 is 1.18 bits per heavy atom. The Morgan fingerprint density at radius 2 is 1.86 bits per heavy atom. The van der Waals surface area contributed by atoms with Gasteiger partial charge in [-0.2, -0.15) is 0 Å². The van der Waals surface area contributed by atoms with Crippen LogP contribution in [0.3, 0.4) is 0 Å². The number of carbonyl (C=O) groups excluding carboxylic acids is 1. The maximum atomic E-state index is 12.9. The third-order valence-corrected chi connectivity index (χ3v) is 5.95. The van der Waals surface area contributed by atoms with Gasteiger partial charge in [-0.1, -0.05) is 18.2 Å². The molecule has 1 amide bonds. The molecular weight excluding hydrogens is 382 g/mol. The standard InChI is InChI=1S/C19H21N3O5S/c1-13(2)20-18(23)12-22-16-10-9-15(11-17(16)27-19(22)24)28(25,26)21(3)14-7-5-4-6-8-14/h4-11,13H,12H2,1-3H3,(H,20,23). The van der Waals surface area contributed by atoms with Crippen LogP contribution < -0.4 is 15.4 Å². The van der Waals surface area contributed by atoms with Gasteiger partial charge in [0.1, 0.15) is 6.54 Å². The first-order chi connectivity index (χ1) is 13.2. The van der Waals surface area contributed by atoms with Crippen LogP contribution in [0.1, 0.15) is 13.8 Å². The Balaban J connectivity index is 1.97. The number of hydrogen-bond donors (Lipinski definition) is 1. The van der Waals surface area contributed by atoms with Crippen LogP contribution in [0.2, 0.25) is 0 Å². The molecule has 9 heteroatoms. The van der Waals surface area contributed by atoms with E-state index in [2.05, 4.69) is 5.32 Å². The lowest BCUT2D eigenvalue weighted by molar-refractivity contribution is -0.122. The van der Waals surface area contributed by atoms with Crippen LogP contribution in [0.5, 0.6) is 0 Å². The predicted octanol–water partition coefficient (Wildman–Crippen LogP) is 1.94. The van der Waals surface area contributed by atoms with Crippen LogP contribution in [0.15, 0.2) is 62.6 Å². The third kappa shape index (κ3) is 3.79. The Morgan fingerprint density at radius 3 is 2.50 bits per heavy atom. The molecule has 0 aliphatic rings. The monoisotopic (exact) mass is 403 g/mol. The molecule has 0 aliphatic heterocycles. The number of rotatable bonds is 6. The van der Waals surface area contributed by atoms with Crippen LogP contribution in [-0.4, -0.2) is 32.0 Å². The Labute approximate surface area is 162 Å². The first-order valence-electron chi connectivity index (χ1n) is 8.67. The molecule has 0 aliphatic carbocycles. The van der Waals surface area contributed by atoms with Crippen molar-refractivity contribution in [2.24, 2.45) is 0 Å². The van der Waals surface area contributed by atoms with Gasteiger partial charge in [-0.3, -0.25) is 13.7 Å². The molecule has 0 unspecified atom stereocenters. The van der Waals surface area contributed by atoms with Crippen molar-refractivity contribution < 1.29 is 17.6 Å². The van der Waals surface area contributed by atoms with Crippen molar-refractivity contribution in [1.82, 2.24) is 9.88 Å². The van der Waals surface area contributed by atoms with Gasteiger partial charge in [-0.15, -0.1) is 0 Å². The van der Waals surface area contributed by atoms with E-state index in [0.29, 0.717) is 11.2 Å². The number of oxazole rings is 1. The summed E-state index contributed by atoms with van der Waals surface area (Å²) in [5, 5.41) is 2.70. The van der Waals surface area contributed by atoms with Crippen molar-refractivity contribution in [3.63, 3.8) is 0 Å². The van der Waals surface area contributed by atoms with Crippen molar-refractivity contribution in [2.75, 3.05) is 11.4 Å². The molecule has 3 rings (SSSR count). The minimum atomic E-state index is -3.84. The van der Waals surface area contributed by atoms with E-state index in [4.69, 9.17) is 4.42 Å². The molecule has 0 fully saturated rings. The number of nitrogens with one attached hydrogen (secondary N) is 1. The molecule has 0 atom stereocenters. The topological polar surface area (TPSA) is 102 Å². The normalized spacial score (nSPS) is 11.7. The quantitative estimate of drug-likeness (QED) is 0.678. The van der Waals surface area contributed by atoms with Gasteiger partial charge in [0.25, 0.3) is 10.0 Å². The molecule has 0 radical (unpaired) electrons. The van der Waals surface area contributed by atoms with Crippen molar-refractivity contribution >= 4 is 32.7 Å². The predicted molar refractivity (Wildman–Crippen MR) is 106 cm³/mol. The molecule has 0 bridgehead atoms. The van der Waals surface area contributed by atoms with Crippen LogP contribution in [-0.2, 0) is 21.4 Å². The molecule has 1 aromatic heterocycles. The van der Waals surface area contributed by atoms with Gasteiger partial charge in [0.2, 0.25) is 5.91 Å². The van der Waals surface area contributed by atoms with Crippen LogP contribution in [0, 0.1) is 0 Å². The second-order valence-corrected chi connectivity index (χ2v) is 8.58. The number of anilines is 1. The fraction of sp³-hybridized carbons (Fsp3) is 0.263. The van der Waals surface area contributed by atoms with Crippen molar-refractivity contribution in [2.45, 2.75) is 31.3 Å². The molecule has 28 heavy (non-hydrogen) atoms. The van der Waals surface area contributed by atoms with E-state index in [0.717, 1.165) is 4.31 Å². The van der Waals surface area contributed by atoms with Crippen LogP contribution in [0.25, 0.3) is 11.1 Å². The fourth-order valence-corrected chi connectivity index (χ4v) is 4.01. The molecule has 1 heterocycles. The van der Waals surface area contributed by atoms with Gasteiger partial charge in [0.15, 0.2) is 5.58 Å². The largest absolute Gasteiger partial charge is 0.420 e. The Hall–Kier alpha value is -3.07. The minimum absolute atomic E-state index is 0.0149. The average molecular weight is 403 g/mol. The summed E-state index contributed by atoms with van der Waals surface area (Å²) >= 11 is 0. The summed E-state index contributed by atoms with van der Waals surface area (Å²) < 4.78 is 33.3. The van der Waals surface area contributed by atoms with Gasteiger partial charge in [0.05, 0.1) is 16.1 Å². The van der Waals surface area contributed by atoms with Crippen LogP contribution in [0.4, 0.5) is 5.69 Å². The van der Waals surface area contributed by atoms with Gasteiger partial charge in [-0.05, 0) is 38.1 Å². The number of sulfonamides is 1. The SMILES string of the molecule is CC(C)NC(=O)Cn1c(=O)oc2cc(S(=O)(=O)N(C)c3ccccc3)ccc21. The van der Waals surface area contributed by atoms with E-state index in [-0.39, 0.29) is 29.0 Å². The van der Waals surface area contributed by atoms with Crippen molar-refractivity contribution in [3.8, 4) is 0 Å². The second-order valence-electron chi connectivity index (χ2n) is 6.61. The summed E-state index contributed by atoms with van der Waals surface area (Å²) in [4.78, 5) is 24.1. The Kier molecular flexibility index (Phi) is 5.28. The van der Waals surface area contributed by atoms with E-state index in [9.17, 15) is 18.0 Å². The summed E-state index contributed by atoms with van der Waals surface area (Å²) in [6, 6.07) is 12.7. The van der Waals surface area contributed by atoms with E-state index in [1.165, 1.54) is 29.8 Å². The maximum Gasteiger partial charge on any atom is 0.420 e. The third-order valence-electron chi connectivity index (χ3n) is 4.17. The minimum Gasteiger partial charge on any atom is -0.408 e. The van der Waals surface area contributed by atoms with Gasteiger partial charge in [0, 0.05) is 19.2 Å². The van der Waals surface area contributed by atoms with Crippen molar-refractivity contribution in [1.29, 1.82) is 0 Å². The number of carbonyl (C=O) groups is 1. The molecule has 8 nitrogen and oxygen atoms in total. The lowest BCUT2D eigenvalue weighted by Gasteiger charge is -2.19. The van der Waals surface area contributed by atoms with Crippen LogP contribution >= 0.6 is 0 Å². The van der Waals surface area contributed by atoms with Gasteiger partial charge in [-0.25, -0.2) is 13.2 Å². The van der Waals surface area contributed by atoms with Gasteiger partial charge < -0.3 is 9.73 Å². The molecule has 148 valence electrons. The molecular formula is C19H21N3O5S. The summed E-state index contributed by atoms with van der Waals surface area (Å²) in [5.74, 6) is -1.06. The zero-order chi connectivity index (χ0) is 20.5. The lowest BCUT2D eigenvalue weighted by Crippen LogP contribution is -2.35. The first kappa shape index (κ1) is 19.7. The zero-order valence-corrected chi connectivity index (χ0v) is 16.6. The molecule has 0 saturated carbocycles. The highest BCUT2D eigenvalue weighted by Gasteiger charge is 2.23. The first-order valence-corrected chi connectivity index (χ1v) is 10.1. The molecule has 2 aromatic carbocycles. The number of aromatic nitrogens is 1. The van der Waals surface area contributed by atoms with E-state index in [1.807, 2.05) is 13.8 Å². The van der Waals surface area contributed by atoms with E-state index >= 15 is 0 Å². The number of para-hydroxylation sites is 1. The smallest absolute Gasteiger partial charge is 0.408 e. The number of amides is 1. The maximum absolute atomic E-state index is 12.9. The lowest BCUT2D eigenvalue weighted by atomic mass is 10.3. The second kappa shape index (κ2) is 7.51. The molecule has 0 spiro atoms.